The van der Waals surface area contributed by atoms with Gasteiger partial charge in [-0.1, -0.05) is 29.8 Å². The van der Waals surface area contributed by atoms with E-state index in [4.69, 9.17) is 9.15 Å². The molecule has 0 amide bonds. The number of hydrogen-bond acceptors (Lipinski definition) is 3. The van der Waals surface area contributed by atoms with Gasteiger partial charge in [0.2, 0.25) is 0 Å². The van der Waals surface area contributed by atoms with E-state index in [1.54, 1.807) is 12.1 Å². The predicted octanol–water partition coefficient (Wildman–Crippen LogP) is 3.68. The highest BCUT2D eigenvalue weighted by Crippen LogP contribution is 2.20. The lowest BCUT2D eigenvalue weighted by molar-refractivity contribution is 0.306. The Kier molecular flexibility index (Phi) is 3.25. The average molecular weight is 266 g/mol. The number of hydrogen-bond donors (Lipinski definition) is 0. The van der Waals surface area contributed by atoms with Crippen LogP contribution in [0.3, 0.4) is 0 Å². The quantitative estimate of drug-likeness (QED) is 0.679. The summed E-state index contributed by atoms with van der Waals surface area (Å²) in [6.07, 6.45) is 0. The summed E-state index contributed by atoms with van der Waals surface area (Å²) in [7, 11) is 0. The third kappa shape index (κ3) is 2.72. The minimum atomic E-state index is -0.354. The third-order valence-corrected chi connectivity index (χ3v) is 3.12. The first-order chi connectivity index (χ1) is 9.70. The molecule has 0 aliphatic rings. The fourth-order valence-electron chi connectivity index (χ4n) is 1.98. The zero-order chi connectivity index (χ0) is 13.9. The number of rotatable bonds is 3. The zero-order valence-electron chi connectivity index (χ0n) is 11.1. The van der Waals surface area contributed by atoms with Gasteiger partial charge in [-0.2, -0.15) is 0 Å². The summed E-state index contributed by atoms with van der Waals surface area (Å²) in [5.41, 5.74) is 2.51. The lowest BCUT2D eigenvalue weighted by Crippen LogP contribution is -1.97. The average Bonchev–Trinajstić information content (AvgIpc) is 2.46. The molecular weight excluding hydrogens is 252 g/mol. The maximum absolute atomic E-state index is 11.2. The first-order valence-corrected chi connectivity index (χ1v) is 6.43. The number of fused-ring (bicyclic) bond motifs is 1. The number of ether oxygens (including phenoxy) is 1. The van der Waals surface area contributed by atoms with Crippen molar-refractivity contribution in [1.29, 1.82) is 0 Å². The molecule has 2 aromatic carbocycles. The molecule has 100 valence electrons. The van der Waals surface area contributed by atoms with E-state index < -0.39 is 0 Å². The summed E-state index contributed by atoms with van der Waals surface area (Å²) in [6, 6.07) is 16.8. The van der Waals surface area contributed by atoms with Crippen molar-refractivity contribution < 1.29 is 9.15 Å². The molecule has 0 saturated heterocycles. The van der Waals surface area contributed by atoms with Crippen LogP contribution < -0.4 is 10.4 Å². The fourth-order valence-corrected chi connectivity index (χ4v) is 1.98. The van der Waals surface area contributed by atoms with Crippen LogP contribution in [0.15, 0.2) is 63.8 Å². The summed E-state index contributed by atoms with van der Waals surface area (Å²) < 4.78 is 10.9. The van der Waals surface area contributed by atoms with E-state index in [0.717, 1.165) is 10.9 Å². The zero-order valence-corrected chi connectivity index (χ0v) is 11.1. The third-order valence-electron chi connectivity index (χ3n) is 3.12. The number of benzene rings is 2. The molecule has 3 aromatic rings. The first-order valence-electron chi connectivity index (χ1n) is 6.43. The molecule has 0 radical (unpaired) electrons. The van der Waals surface area contributed by atoms with Crippen molar-refractivity contribution in [2.45, 2.75) is 13.5 Å². The Labute approximate surface area is 116 Å². The van der Waals surface area contributed by atoms with Gasteiger partial charge in [0.25, 0.3) is 0 Å². The van der Waals surface area contributed by atoms with Gasteiger partial charge in [-0.15, -0.1) is 0 Å². The number of aryl methyl sites for hydroxylation is 1. The molecule has 0 bridgehead atoms. The molecule has 0 aliphatic carbocycles. The van der Waals surface area contributed by atoms with Crippen LogP contribution in [0.2, 0.25) is 0 Å². The van der Waals surface area contributed by atoms with E-state index in [9.17, 15) is 4.79 Å². The van der Waals surface area contributed by atoms with Gasteiger partial charge in [-0.25, -0.2) is 4.79 Å². The van der Waals surface area contributed by atoms with Crippen molar-refractivity contribution in [2.24, 2.45) is 0 Å². The van der Waals surface area contributed by atoms with Crippen LogP contribution >= 0.6 is 0 Å². The minimum absolute atomic E-state index is 0.354. The standard InChI is InChI=1S/C17H14O3/c1-12-2-4-13(5-3-12)11-19-15-8-6-14-7-9-17(18)20-16(14)10-15/h2-10H,11H2,1H3. The largest absolute Gasteiger partial charge is 0.489 e. The Morgan fingerprint density at radius 3 is 2.55 bits per heavy atom. The van der Waals surface area contributed by atoms with Crippen LogP contribution in [0.1, 0.15) is 11.1 Å². The maximum atomic E-state index is 11.2. The Morgan fingerprint density at radius 2 is 1.75 bits per heavy atom. The summed E-state index contributed by atoms with van der Waals surface area (Å²) in [5, 5.41) is 0.882. The van der Waals surface area contributed by atoms with E-state index in [1.165, 1.54) is 11.6 Å². The Hall–Kier alpha value is -2.55. The summed E-state index contributed by atoms with van der Waals surface area (Å²) in [6.45, 7) is 2.54. The van der Waals surface area contributed by atoms with E-state index >= 15 is 0 Å². The molecule has 20 heavy (non-hydrogen) atoms. The van der Waals surface area contributed by atoms with E-state index in [0.29, 0.717) is 17.9 Å². The normalized spacial score (nSPS) is 10.7. The van der Waals surface area contributed by atoms with Gasteiger partial charge in [0.15, 0.2) is 0 Å². The monoisotopic (exact) mass is 266 g/mol. The molecule has 0 saturated carbocycles. The van der Waals surface area contributed by atoms with Crippen LogP contribution in [0.4, 0.5) is 0 Å². The van der Waals surface area contributed by atoms with E-state index in [1.807, 2.05) is 24.3 Å². The van der Waals surface area contributed by atoms with Gasteiger partial charge in [0.1, 0.15) is 17.9 Å². The molecule has 0 aliphatic heterocycles. The van der Waals surface area contributed by atoms with Crippen LogP contribution in [0.25, 0.3) is 11.0 Å². The Bertz CT molecular complexity index is 785. The molecule has 3 nitrogen and oxygen atoms in total. The molecule has 3 rings (SSSR count). The topological polar surface area (TPSA) is 39.4 Å². The van der Waals surface area contributed by atoms with Crippen molar-refractivity contribution in [1.82, 2.24) is 0 Å². The molecule has 0 spiro atoms. The summed E-state index contributed by atoms with van der Waals surface area (Å²) in [5.74, 6) is 0.687. The van der Waals surface area contributed by atoms with Crippen molar-refractivity contribution in [3.63, 3.8) is 0 Å². The lowest BCUT2D eigenvalue weighted by Gasteiger charge is -2.07. The van der Waals surface area contributed by atoms with Crippen molar-refractivity contribution in [3.8, 4) is 5.75 Å². The van der Waals surface area contributed by atoms with E-state index in [2.05, 4.69) is 19.1 Å². The van der Waals surface area contributed by atoms with Crippen LogP contribution in [-0.4, -0.2) is 0 Å². The molecular formula is C17H14O3. The molecule has 1 heterocycles. The highest BCUT2D eigenvalue weighted by molar-refractivity contribution is 5.77. The van der Waals surface area contributed by atoms with Crippen molar-refractivity contribution >= 4 is 11.0 Å². The lowest BCUT2D eigenvalue weighted by atomic mass is 10.2. The summed E-state index contributed by atoms with van der Waals surface area (Å²) >= 11 is 0. The highest BCUT2D eigenvalue weighted by atomic mass is 16.5. The second kappa shape index (κ2) is 5.21. The van der Waals surface area contributed by atoms with Crippen molar-refractivity contribution in [3.05, 3.63) is 76.1 Å². The smallest absolute Gasteiger partial charge is 0.336 e. The van der Waals surface area contributed by atoms with Gasteiger partial charge in [0.05, 0.1) is 0 Å². The summed E-state index contributed by atoms with van der Waals surface area (Å²) in [4.78, 5) is 11.2. The van der Waals surface area contributed by atoms with Crippen LogP contribution in [0.5, 0.6) is 5.75 Å². The predicted molar refractivity (Wildman–Crippen MR) is 78.0 cm³/mol. The molecule has 0 fully saturated rings. The van der Waals surface area contributed by atoms with E-state index in [-0.39, 0.29) is 5.63 Å². The van der Waals surface area contributed by atoms with Gasteiger partial charge in [-0.05, 0) is 30.7 Å². The minimum Gasteiger partial charge on any atom is -0.489 e. The van der Waals surface area contributed by atoms with Crippen LogP contribution in [-0.2, 0) is 6.61 Å². The van der Waals surface area contributed by atoms with Gasteiger partial charge < -0.3 is 9.15 Å². The van der Waals surface area contributed by atoms with Gasteiger partial charge in [0, 0.05) is 17.5 Å². The molecule has 3 heteroatoms. The molecule has 0 atom stereocenters. The first kappa shape index (κ1) is 12.5. The highest BCUT2D eigenvalue weighted by Gasteiger charge is 2.01. The molecule has 0 unspecified atom stereocenters. The Morgan fingerprint density at radius 1 is 1.00 bits per heavy atom. The molecule has 0 N–H and O–H groups in total. The molecule has 1 aromatic heterocycles. The van der Waals surface area contributed by atoms with Gasteiger partial charge >= 0.3 is 5.63 Å². The second-order valence-corrected chi connectivity index (χ2v) is 4.73. The van der Waals surface area contributed by atoms with Gasteiger partial charge in [-0.3, -0.25) is 0 Å². The Balaban J connectivity index is 1.80. The fraction of sp³-hybridized carbons (Fsp3) is 0.118. The maximum Gasteiger partial charge on any atom is 0.336 e. The second-order valence-electron chi connectivity index (χ2n) is 4.73. The van der Waals surface area contributed by atoms with Crippen molar-refractivity contribution in [2.75, 3.05) is 0 Å². The SMILES string of the molecule is Cc1ccc(COc2ccc3ccc(=O)oc3c2)cc1. The van der Waals surface area contributed by atoms with Crippen LogP contribution in [0, 0.1) is 6.92 Å².